The average molecular weight is 280 g/mol. The number of imidazole rings is 1. The molecule has 4 heteroatoms. The molecule has 4 nitrogen and oxygen atoms in total. The number of carboxylic acids is 1. The van der Waals surface area contributed by atoms with Crippen molar-refractivity contribution in [2.45, 2.75) is 78.3 Å². The Bertz CT molecular complexity index is 399. The number of hydrogen-bond acceptors (Lipinski definition) is 2. The summed E-state index contributed by atoms with van der Waals surface area (Å²) in [4.78, 5) is 10.6. The van der Waals surface area contributed by atoms with Gasteiger partial charge in [0.05, 0.1) is 13.1 Å². The monoisotopic (exact) mass is 280 g/mol. The molecule has 1 aromatic heterocycles. The highest BCUT2D eigenvalue weighted by molar-refractivity contribution is 5.64. The Kier molecular flexibility index (Phi) is 8.00. The first kappa shape index (κ1) is 16.7. The fraction of sp³-hybridized carbons (Fsp3) is 0.750. The van der Waals surface area contributed by atoms with E-state index in [0.29, 0.717) is 6.54 Å². The van der Waals surface area contributed by atoms with Crippen LogP contribution in [0.2, 0.25) is 0 Å². The summed E-state index contributed by atoms with van der Waals surface area (Å²) < 4.78 is 4.36. The second-order valence-corrected chi connectivity index (χ2v) is 5.39. The lowest BCUT2D eigenvalue weighted by Crippen LogP contribution is -2.37. The average Bonchev–Trinajstić information content (AvgIpc) is 2.81. The van der Waals surface area contributed by atoms with Gasteiger partial charge in [-0.3, -0.25) is 0 Å². The molecule has 0 aliphatic carbocycles. The largest absolute Gasteiger partial charge is 0.550 e. The number of aromatic nitrogens is 2. The number of nitrogens with zero attached hydrogens (tertiary/aromatic N) is 2. The first-order valence-electron chi connectivity index (χ1n) is 7.96. The SMILES string of the molecule is CCCCCCc1n(CCC(=O)[O-])cc[n+]1CCCC. The first-order chi connectivity index (χ1) is 9.69. The van der Waals surface area contributed by atoms with Crippen molar-refractivity contribution in [1.82, 2.24) is 4.57 Å². The van der Waals surface area contributed by atoms with Crippen LogP contribution in [0, 0.1) is 0 Å². The highest BCUT2D eigenvalue weighted by atomic mass is 16.4. The van der Waals surface area contributed by atoms with E-state index in [9.17, 15) is 9.90 Å². The van der Waals surface area contributed by atoms with Crippen LogP contribution in [0.4, 0.5) is 0 Å². The van der Waals surface area contributed by atoms with E-state index in [2.05, 4.69) is 29.2 Å². The van der Waals surface area contributed by atoms with Gasteiger partial charge in [-0.2, -0.15) is 0 Å². The second-order valence-electron chi connectivity index (χ2n) is 5.39. The predicted octanol–water partition coefficient (Wildman–Crippen LogP) is 1.84. The minimum absolute atomic E-state index is 0.0877. The van der Waals surface area contributed by atoms with Gasteiger partial charge in [-0.15, -0.1) is 0 Å². The molecule has 1 aromatic rings. The number of carbonyl (C=O) groups excluding carboxylic acids is 1. The van der Waals surface area contributed by atoms with Gasteiger partial charge in [-0.05, 0) is 12.8 Å². The third-order valence-electron chi connectivity index (χ3n) is 3.65. The van der Waals surface area contributed by atoms with Crippen LogP contribution in [0.5, 0.6) is 0 Å². The number of carboxylic acid groups (broad SMARTS) is 1. The minimum Gasteiger partial charge on any atom is -0.550 e. The molecule has 0 aromatic carbocycles. The topological polar surface area (TPSA) is 48.9 Å². The van der Waals surface area contributed by atoms with Crippen molar-refractivity contribution in [2.24, 2.45) is 0 Å². The van der Waals surface area contributed by atoms with E-state index in [1.54, 1.807) is 0 Å². The van der Waals surface area contributed by atoms with Crippen LogP contribution in [-0.4, -0.2) is 10.5 Å². The van der Waals surface area contributed by atoms with Gasteiger partial charge < -0.3 is 9.90 Å². The van der Waals surface area contributed by atoms with Crippen LogP contribution in [0.3, 0.4) is 0 Å². The van der Waals surface area contributed by atoms with Crippen LogP contribution in [0.1, 0.15) is 64.6 Å². The van der Waals surface area contributed by atoms with Gasteiger partial charge in [-0.25, -0.2) is 9.13 Å². The Morgan fingerprint density at radius 3 is 2.60 bits per heavy atom. The van der Waals surface area contributed by atoms with Crippen LogP contribution >= 0.6 is 0 Å². The highest BCUT2D eigenvalue weighted by Crippen LogP contribution is 2.07. The highest BCUT2D eigenvalue weighted by Gasteiger charge is 2.16. The molecule has 0 bridgehead atoms. The summed E-state index contributed by atoms with van der Waals surface area (Å²) in [6, 6.07) is 0. The Balaban J connectivity index is 2.65. The van der Waals surface area contributed by atoms with Gasteiger partial charge in [-0.1, -0.05) is 39.5 Å². The van der Waals surface area contributed by atoms with Crippen molar-refractivity contribution >= 4 is 5.97 Å². The van der Waals surface area contributed by atoms with Crippen molar-refractivity contribution < 1.29 is 14.5 Å². The lowest BCUT2D eigenvalue weighted by atomic mass is 10.1. The Morgan fingerprint density at radius 1 is 1.20 bits per heavy atom. The summed E-state index contributed by atoms with van der Waals surface area (Å²) in [6.07, 6.45) is 12.5. The molecule has 0 radical (unpaired) electrons. The quantitative estimate of drug-likeness (QED) is 0.459. The Hall–Kier alpha value is -1.32. The molecule has 1 rings (SSSR count). The molecule has 0 fully saturated rings. The van der Waals surface area contributed by atoms with Crippen LogP contribution < -0.4 is 9.67 Å². The van der Waals surface area contributed by atoms with Crippen LogP contribution in [0.25, 0.3) is 0 Å². The number of aryl methyl sites for hydroxylation is 2. The summed E-state index contributed by atoms with van der Waals surface area (Å²) in [5.74, 6) is 0.284. The zero-order valence-electron chi connectivity index (χ0n) is 12.9. The fourth-order valence-corrected chi connectivity index (χ4v) is 2.44. The zero-order valence-corrected chi connectivity index (χ0v) is 12.9. The summed E-state index contributed by atoms with van der Waals surface area (Å²) in [5.41, 5.74) is 0. The Morgan fingerprint density at radius 2 is 1.95 bits per heavy atom. The fourth-order valence-electron chi connectivity index (χ4n) is 2.44. The molecular formula is C16H28N2O2. The van der Waals surface area contributed by atoms with Crippen molar-refractivity contribution in [3.8, 4) is 0 Å². The van der Waals surface area contributed by atoms with Crippen molar-refractivity contribution in [1.29, 1.82) is 0 Å². The molecule has 0 aliphatic heterocycles. The molecule has 0 unspecified atom stereocenters. The lowest BCUT2D eigenvalue weighted by Gasteiger charge is -2.06. The molecule has 0 amide bonds. The smallest absolute Gasteiger partial charge is 0.256 e. The molecule has 0 saturated carbocycles. The molecule has 0 saturated heterocycles. The van der Waals surface area contributed by atoms with Gasteiger partial charge in [0.25, 0.3) is 5.82 Å². The molecule has 1 heterocycles. The predicted molar refractivity (Wildman–Crippen MR) is 77.0 cm³/mol. The van der Waals surface area contributed by atoms with Crippen molar-refractivity contribution in [3.63, 3.8) is 0 Å². The molecule has 0 aliphatic rings. The number of rotatable bonds is 11. The van der Waals surface area contributed by atoms with E-state index in [4.69, 9.17) is 0 Å². The first-order valence-corrected chi connectivity index (χ1v) is 7.96. The summed E-state index contributed by atoms with van der Waals surface area (Å²) >= 11 is 0. The molecule has 114 valence electrons. The summed E-state index contributed by atoms with van der Waals surface area (Å²) in [5, 5.41) is 10.6. The van der Waals surface area contributed by atoms with Gasteiger partial charge in [0.15, 0.2) is 0 Å². The second kappa shape index (κ2) is 9.56. The van der Waals surface area contributed by atoms with E-state index >= 15 is 0 Å². The molecule has 0 spiro atoms. The van der Waals surface area contributed by atoms with E-state index in [1.807, 2.05) is 6.20 Å². The third kappa shape index (κ3) is 5.76. The maximum atomic E-state index is 10.6. The van der Waals surface area contributed by atoms with Crippen LogP contribution in [-0.2, 0) is 24.3 Å². The number of hydrogen-bond donors (Lipinski definition) is 0. The molecule has 20 heavy (non-hydrogen) atoms. The summed E-state index contributed by atoms with van der Waals surface area (Å²) in [6.45, 7) is 5.95. The minimum atomic E-state index is -0.976. The molecule has 0 N–H and O–H groups in total. The summed E-state index contributed by atoms with van der Waals surface area (Å²) in [7, 11) is 0. The normalized spacial score (nSPS) is 10.9. The maximum Gasteiger partial charge on any atom is 0.256 e. The lowest BCUT2D eigenvalue weighted by molar-refractivity contribution is -0.704. The molecule has 0 atom stereocenters. The van der Waals surface area contributed by atoms with E-state index in [1.165, 1.54) is 37.9 Å². The zero-order chi connectivity index (χ0) is 14.8. The number of carbonyl (C=O) groups is 1. The maximum absolute atomic E-state index is 10.6. The number of unbranched alkanes of at least 4 members (excludes halogenated alkanes) is 4. The third-order valence-corrected chi connectivity index (χ3v) is 3.65. The Labute approximate surface area is 122 Å². The van der Waals surface area contributed by atoms with E-state index < -0.39 is 5.97 Å². The van der Waals surface area contributed by atoms with Crippen molar-refractivity contribution in [3.05, 3.63) is 18.2 Å². The van der Waals surface area contributed by atoms with E-state index in [-0.39, 0.29) is 6.42 Å². The van der Waals surface area contributed by atoms with Gasteiger partial charge in [0.2, 0.25) is 0 Å². The number of aliphatic carboxylic acids is 1. The van der Waals surface area contributed by atoms with Gasteiger partial charge in [0.1, 0.15) is 12.4 Å². The standard InChI is InChI=1S/C16H28N2O2/c1-3-5-7-8-9-15-17(11-6-4-2)13-14-18(15)12-10-16(19)20/h13-14H,3-12H2,1-2H3. The van der Waals surface area contributed by atoms with Gasteiger partial charge in [0, 0.05) is 18.8 Å². The van der Waals surface area contributed by atoms with E-state index in [0.717, 1.165) is 19.4 Å². The van der Waals surface area contributed by atoms with Crippen molar-refractivity contribution in [2.75, 3.05) is 0 Å². The molecular weight excluding hydrogens is 252 g/mol. The van der Waals surface area contributed by atoms with Gasteiger partial charge >= 0.3 is 0 Å². The van der Waals surface area contributed by atoms with Crippen LogP contribution in [0.15, 0.2) is 12.4 Å².